The van der Waals surface area contributed by atoms with Crippen LogP contribution in [0.3, 0.4) is 0 Å². The van der Waals surface area contributed by atoms with Crippen LogP contribution in [0, 0.1) is 17.1 Å². The van der Waals surface area contributed by atoms with Crippen molar-refractivity contribution in [3.8, 4) is 6.07 Å². The van der Waals surface area contributed by atoms with Gasteiger partial charge in [-0.1, -0.05) is 0 Å². The fraction of sp³-hybridized carbons (Fsp3) is 0.333. The number of hydrogen-bond donors (Lipinski definition) is 1. The summed E-state index contributed by atoms with van der Waals surface area (Å²) in [7, 11) is 0. The highest BCUT2D eigenvalue weighted by Crippen LogP contribution is 2.19. The molecule has 0 heterocycles. The van der Waals surface area contributed by atoms with Crippen LogP contribution < -0.4 is 0 Å². The molecule has 0 saturated heterocycles. The average Bonchev–Trinajstić information content (AvgIpc) is 2.24. The number of benzene rings is 1. The van der Waals surface area contributed by atoms with Crippen molar-refractivity contribution in [2.45, 2.75) is 12.7 Å². The molecule has 0 unspecified atom stereocenters. The summed E-state index contributed by atoms with van der Waals surface area (Å²) < 4.78 is 50.1. The van der Waals surface area contributed by atoms with E-state index in [9.17, 15) is 22.4 Å². The second kappa shape index (κ2) is 6.34. The van der Waals surface area contributed by atoms with Crippen LogP contribution >= 0.6 is 0 Å². The maximum Gasteiger partial charge on any atom is 0.401 e. The summed E-state index contributed by atoms with van der Waals surface area (Å²) in [6.45, 7) is -2.69. The fourth-order valence-corrected chi connectivity index (χ4v) is 1.68. The van der Waals surface area contributed by atoms with Crippen LogP contribution in [0.5, 0.6) is 0 Å². The SMILES string of the molecule is N#Cc1cc(F)cc(CN(CC(=O)O)CC(F)(F)F)c1. The standard InChI is InChI=1S/C12H10F4N2O2/c13-10-2-8(4-17)1-9(3-10)5-18(6-11(19)20)7-12(14,15)16/h1-3H,5-7H2,(H,19,20). The van der Waals surface area contributed by atoms with Crippen molar-refractivity contribution in [1.82, 2.24) is 4.90 Å². The van der Waals surface area contributed by atoms with Gasteiger partial charge in [-0.15, -0.1) is 0 Å². The molecule has 0 aliphatic heterocycles. The first kappa shape index (κ1) is 15.9. The van der Waals surface area contributed by atoms with Crippen LogP contribution in [0.2, 0.25) is 0 Å². The van der Waals surface area contributed by atoms with Crippen LogP contribution in [-0.2, 0) is 11.3 Å². The topological polar surface area (TPSA) is 64.3 Å². The van der Waals surface area contributed by atoms with Gasteiger partial charge in [0.15, 0.2) is 0 Å². The second-order valence-corrected chi connectivity index (χ2v) is 4.11. The van der Waals surface area contributed by atoms with Crippen molar-refractivity contribution in [1.29, 1.82) is 5.26 Å². The molecule has 0 aromatic heterocycles. The van der Waals surface area contributed by atoms with Gasteiger partial charge in [-0.3, -0.25) is 9.69 Å². The molecule has 4 nitrogen and oxygen atoms in total. The van der Waals surface area contributed by atoms with Crippen molar-refractivity contribution in [2.75, 3.05) is 13.1 Å². The van der Waals surface area contributed by atoms with E-state index in [2.05, 4.69) is 0 Å². The van der Waals surface area contributed by atoms with Gasteiger partial charge in [0.2, 0.25) is 0 Å². The lowest BCUT2D eigenvalue weighted by molar-refractivity contribution is -0.154. The van der Waals surface area contributed by atoms with Crippen molar-refractivity contribution in [3.63, 3.8) is 0 Å². The Morgan fingerprint density at radius 3 is 2.50 bits per heavy atom. The quantitative estimate of drug-likeness (QED) is 0.844. The number of hydrogen-bond acceptors (Lipinski definition) is 3. The Morgan fingerprint density at radius 2 is 2.00 bits per heavy atom. The van der Waals surface area contributed by atoms with Gasteiger partial charge >= 0.3 is 12.1 Å². The predicted molar refractivity (Wildman–Crippen MR) is 60.1 cm³/mol. The third kappa shape index (κ3) is 5.67. The van der Waals surface area contributed by atoms with Crippen LogP contribution in [0.4, 0.5) is 17.6 Å². The molecule has 0 atom stereocenters. The molecule has 0 aliphatic rings. The summed E-state index contributed by atoms with van der Waals surface area (Å²) in [5.41, 5.74) is 0.0642. The lowest BCUT2D eigenvalue weighted by Crippen LogP contribution is -2.37. The van der Waals surface area contributed by atoms with Gasteiger partial charge in [0.1, 0.15) is 5.82 Å². The molecule has 1 aromatic rings. The normalized spacial score (nSPS) is 11.4. The highest BCUT2D eigenvalue weighted by molar-refractivity contribution is 5.69. The Labute approximate surface area is 111 Å². The first-order valence-corrected chi connectivity index (χ1v) is 5.40. The van der Waals surface area contributed by atoms with E-state index in [1.54, 1.807) is 6.07 Å². The van der Waals surface area contributed by atoms with Gasteiger partial charge < -0.3 is 5.11 Å². The second-order valence-electron chi connectivity index (χ2n) is 4.11. The van der Waals surface area contributed by atoms with Gasteiger partial charge in [0, 0.05) is 6.54 Å². The maximum atomic E-state index is 13.2. The van der Waals surface area contributed by atoms with Gasteiger partial charge in [0.05, 0.1) is 24.7 Å². The Bertz CT molecular complexity index is 537. The molecule has 0 amide bonds. The molecule has 0 spiro atoms. The molecular formula is C12H10F4N2O2. The monoisotopic (exact) mass is 290 g/mol. The fourth-order valence-electron chi connectivity index (χ4n) is 1.68. The number of nitriles is 1. The van der Waals surface area contributed by atoms with Crippen LogP contribution in [0.15, 0.2) is 18.2 Å². The lowest BCUT2D eigenvalue weighted by atomic mass is 10.1. The molecule has 0 bridgehead atoms. The van der Waals surface area contributed by atoms with Crippen molar-refractivity contribution in [2.24, 2.45) is 0 Å². The van der Waals surface area contributed by atoms with Gasteiger partial charge in [-0.25, -0.2) is 4.39 Å². The number of carboxylic acids is 1. The minimum absolute atomic E-state index is 0.0396. The Kier molecular flexibility index (Phi) is 5.05. The molecule has 0 saturated carbocycles. The molecule has 1 N–H and O–H groups in total. The van der Waals surface area contributed by atoms with Gasteiger partial charge in [0.25, 0.3) is 0 Å². The molecule has 1 rings (SSSR count). The Hall–Kier alpha value is -2.14. The van der Waals surface area contributed by atoms with E-state index < -0.39 is 37.6 Å². The number of halogens is 4. The largest absolute Gasteiger partial charge is 0.480 e. The highest BCUT2D eigenvalue weighted by Gasteiger charge is 2.31. The van der Waals surface area contributed by atoms with E-state index >= 15 is 0 Å². The number of aliphatic carboxylic acids is 1. The average molecular weight is 290 g/mol. The van der Waals surface area contributed by atoms with Crippen LogP contribution in [0.1, 0.15) is 11.1 Å². The summed E-state index contributed by atoms with van der Waals surface area (Å²) in [5.74, 6) is -2.19. The van der Waals surface area contributed by atoms with E-state index in [1.165, 1.54) is 6.07 Å². The summed E-state index contributed by atoms with van der Waals surface area (Å²) >= 11 is 0. The smallest absolute Gasteiger partial charge is 0.401 e. The molecular weight excluding hydrogens is 280 g/mol. The zero-order valence-corrected chi connectivity index (χ0v) is 10.1. The minimum atomic E-state index is -4.57. The third-order valence-corrected chi connectivity index (χ3v) is 2.25. The first-order valence-electron chi connectivity index (χ1n) is 5.40. The lowest BCUT2D eigenvalue weighted by Gasteiger charge is -2.21. The van der Waals surface area contributed by atoms with Crippen molar-refractivity contribution < 1.29 is 27.5 Å². The molecule has 0 aliphatic carbocycles. The number of carboxylic acid groups (broad SMARTS) is 1. The van der Waals surface area contributed by atoms with Crippen LogP contribution in [-0.4, -0.2) is 35.2 Å². The third-order valence-electron chi connectivity index (χ3n) is 2.25. The summed E-state index contributed by atoms with van der Waals surface area (Å²) in [6.07, 6.45) is -4.57. The van der Waals surface area contributed by atoms with E-state index in [0.29, 0.717) is 4.90 Å². The minimum Gasteiger partial charge on any atom is -0.480 e. The van der Waals surface area contributed by atoms with E-state index in [-0.39, 0.29) is 11.1 Å². The molecule has 8 heteroatoms. The highest BCUT2D eigenvalue weighted by atomic mass is 19.4. The zero-order chi connectivity index (χ0) is 15.3. The summed E-state index contributed by atoms with van der Waals surface area (Å²) in [5, 5.41) is 17.2. The number of rotatable bonds is 5. The van der Waals surface area contributed by atoms with E-state index in [0.717, 1.165) is 12.1 Å². The number of alkyl halides is 3. The summed E-state index contributed by atoms with van der Waals surface area (Å²) in [6, 6.07) is 4.79. The van der Waals surface area contributed by atoms with Gasteiger partial charge in [-0.2, -0.15) is 18.4 Å². The molecule has 1 aromatic carbocycles. The van der Waals surface area contributed by atoms with E-state index in [4.69, 9.17) is 10.4 Å². The first-order chi connectivity index (χ1) is 9.19. The van der Waals surface area contributed by atoms with Gasteiger partial charge in [-0.05, 0) is 23.8 Å². The molecule has 0 radical (unpaired) electrons. The molecule has 108 valence electrons. The zero-order valence-electron chi connectivity index (χ0n) is 10.1. The van der Waals surface area contributed by atoms with Crippen molar-refractivity contribution in [3.05, 3.63) is 35.1 Å². The molecule has 0 fully saturated rings. The van der Waals surface area contributed by atoms with E-state index in [1.807, 2.05) is 0 Å². The summed E-state index contributed by atoms with van der Waals surface area (Å²) in [4.78, 5) is 11.1. The Balaban J connectivity index is 2.91. The van der Waals surface area contributed by atoms with Crippen LogP contribution in [0.25, 0.3) is 0 Å². The number of carbonyl (C=O) groups is 1. The number of nitrogens with zero attached hydrogens (tertiary/aromatic N) is 2. The molecule has 20 heavy (non-hydrogen) atoms. The van der Waals surface area contributed by atoms with Crippen molar-refractivity contribution >= 4 is 5.97 Å². The Morgan fingerprint density at radius 1 is 1.35 bits per heavy atom. The predicted octanol–water partition coefficient (Wildman–Crippen LogP) is 2.15. The maximum absolute atomic E-state index is 13.2.